The van der Waals surface area contributed by atoms with Crippen molar-refractivity contribution in [2.75, 3.05) is 19.0 Å². The first-order chi connectivity index (χ1) is 15.1. The minimum absolute atomic E-state index is 0.103. The van der Waals surface area contributed by atoms with Crippen molar-refractivity contribution in [1.82, 2.24) is 9.88 Å². The molecule has 2 N–H and O–H groups in total. The van der Waals surface area contributed by atoms with E-state index in [9.17, 15) is 4.79 Å². The Kier molecular flexibility index (Phi) is 4.86. The zero-order chi connectivity index (χ0) is 21.4. The average molecular weight is 412 g/mol. The monoisotopic (exact) mass is 411 g/mol. The van der Waals surface area contributed by atoms with E-state index in [0.717, 1.165) is 40.2 Å². The van der Waals surface area contributed by atoms with Gasteiger partial charge in [-0.2, -0.15) is 0 Å². The van der Waals surface area contributed by atoms with Crippen molar-refractivity contribution >= 4 is 22.6 Å². The second-order valence-corrected chi connectivity index (χ2v) is 7.98. The summed E-state index contributed by atoms with van der Waals surface area (Å²) in [4.78, 5) is 18.9. The molecule has 5 heteroatoms. The third-order valence-corrected chi connectivity index (χ3v) is 6.03. The van der Waals surface area contributed by atoms with Crippen LogP contribution in [0.5, 0.6) is 5.75 Å². The number of benzene rings is 3. The summed E-state index contributed by atoms with van der Waals surface area (Å²) >= 11 is 0. The van der Waals surface area contributed by atoms with Crippen LogP contribution >= 0.6 is 0 Å². The Balaban J connectivity index is 1.56. The zero-order valence-corrected chi connectivity index (χ0v) is 17.7. The molecule has 4 aromatic rings. The summed E-state index contributed by atoms with van der Waals surface area (Å²) in [7, 11) is 1.66. The molecule has 0 saturated heterocycles. The van der Waals surface area contributed by atoms with E-state index < -0.39 is 0 Å². The number of H-pyrrole nitrogens is 1. The lowest BCUT2D eigenvalue weighted by Crippen LogP contribution is -2.43. The Morgan fingerprint density at radius 2 is 1.77 bits per heavy atom. The summed E-state index contributed by atoms with van der Waals surface area (Å²) in [6.07, 6.45) is 0.813. The number of aryl methyl sites for hydroxylation is 1. The van der Waals surface area contributed by atoms with Gasteiger partial charge in [-0.05, 0) is 54.8 Å². The van der Waals surface area contributed by atoms with Crippen LogP contribution in [0.1, 0.15) is 28.4 Å². The van der Waals surface area contributed by atoms with Crippen molar-refractivity contribution in [3.63, 3.8) is 0 Å². The maximum absolute atomic E-state index is 13.4. The summed E-state index contributed by atoms with van der Waals surface area (Å²) in [6, 6.07) is 23.9. The van der Waals surface area contributed by atoms with Gasteiger partial charge in [0.1, 0.15) is 5.75 Å². The molecule has 0 bridgehead atoms. The van der Waals surface area contributed by atoms with Crippen molar-refractivity contribution in [1.29, 1.82) is 0 Å². The molecule has 3 aromatic carbocycles. The van der Waals surface area contributed by atoms with Gasteiger partial charge in [-0.25, -0.2) is 4.79 Å². The smallest absolute Gasteiger partial charge is 0.322 e. The van der Waals surface area contributed by atoms with E-state index in [1.807, 2.05) is 66.4 Å². The second-order valence-electron chi connectivity index (χ2n) is 7.98. The van der Waals surface area contributed by atoms with Gasteiger partial charge in [-0.1, -0.05) is 48.0 Å². The number of rotatable bonds is 3. The highest BCUT2D eigenvalue weighted by Gasteiger charge is 2.34. The van der Waals surface area contributed by atoms with Crippen LogP contribution in [0.3, 0.4) is 0 Å². The maximum Gasteiger partial charge on any atom is 0.322 e. The third kappa shape index (κ3) is 3.52. The molecule has 1 atom stereocenters. The number of ether oxygens (including phenoxy) is 1. The molecule has 0 aliphatic carbocycles. The Hall–Kier alpha value is -3.73. The summed E-state index contributed by atoms with van der Waals surface area (Å²) in [6.45, 7) is 2.68. The highest BCUT2D eigenvalue weighted by atomic mass is 16.5. The van der Waals surface area contributed by atoms with Gasteiger partial charge in [0.05, 0.1) is 13.2 Å². The number of para-hydroxylation sites is 1. The number of hydrogen-bond donors (Lipinski definition) is 2. The average Bonchev–Trinajstić information content (AvgIpc) is 3.19. The van der Waals surface area contributed by atoms with Crippen LogP contribution in [-0.4, -0.2) is 29.6 Å². The normalized spacial score (nSPS) is 15.5. The van der Waals surface area contributed by atoms with Crippen LogP contribution in [0.4, 0.5) is 10.5 Å². The van der Waals surface area contributed by atoms with E-state index in [2.05, 4.69) is 28.5 Å². The van der Waals surface area contributed by atoms with Gasteiger partial charge < -0.3 is 19.9 Å². The number of nitrogens with one attached hydrogen (secondary N) is 2. The summed E-state index contributed by atoms with van der Waals surface area (Å²) < 4.78 is 5.34. The molecule has 1 aliphatic rings. The molecule has 0 spiro atoms. The number of carbonyl (C=O) groups excluding carboxylic acids is 1. The lowest BCUT2D eigenvalue weighted by molar-refractivity contribution is 0.193. The SMILES string of the molecule is COc1ccc([C@H]2c3[nH]c4ccccc4c3CCN2C(=O)Nc2ccc(C)cc2)cc1. The van der Waals surface area contributed by atoms with E-state index >= 15 is 0 Å². The van der Waals surface area contributed by atoms with Crippen LogP contribution in [-0.2, 0) is 6.42 Å². The lowest BCUT2D eigenvalue weighted by Gasteiger charge is -2.36. The number of carbonyl (C=O) groups is 1. The van der Waals surface area contributed by atoms with E-state index in [1.54, 1.807) is 7.11 Å². The minimum atomic E-state index is -0.201. The summed E-state index contributed by atoms with van der Waals surface area (Å²) in [5, 5.41) is 4.31. The van der Waals surface area contributed by atoms with Crippen molar-refractivity contribution in [2.45, 2.75) is 19.4 Å². The number of anilines is 1. The number of aromatic amines is 1. The fourth-order valence-electron chi connectivity index (χ4n) is 4.42. The zero-order valence-electron chi connectivity index (χ0n) is 17.7. The molecule has 5 rings (SSSR count). The summed E-state index contributed by atoms with van der Waals surface area (Å²) in [5.74, 6) is 0.798. The molecule has 156 valence electrons. The number of aromatic nitrogens is 1. The Bertz CT molecular complexity index is 1230. The van der Waals surface area contributed by atoms with Crippen LogP contribution in [0.25, 0.3) is 10.9 Å². The largest absolute Gasteiger partial charge is 0.497 e. The highest BCUT2D eigenvalue weighted by Crippen LogP contribution is 2.39. The Morgan fingerprint density at radius 3 is 2.52 bits per heavy atom. The first kappa shape index (κ1) is 19.2. The van der Waals surface area contributed by atoms with Crippen molar-refractivity contribution < 1.29 is 9.53 Å². The van der Waals surface area contributed by atoms with Crippen molar-refractivity contribution in [3.05, 3.63) is 95.2 Å². The number of urea groups is 1. The van der Waals surface area contributed by atoms with E-state index in [0.29, 0.717) is 6.54 Å². The van der Waals surface area contributed by atoms with Gasteiger partial charge in [-0.3, -0.25) is 0 Å². The quantitative estimate of drug-likeness (QED) is 0.457. The van der Waals surface area contributed by atoms with Gasteiger partial charge in [0, 0.05) is 28.8 Å². The van der Waals surface area contributed by atoms with Crippen molar-refractivity contribution in [2.24, 2.45) is 0 Å². The number of amides is 2. The molecule has 5 nitrogen and oxygen atoms in total. The van der Waals surface area contributed by atoms with Gasteiger partial charge in [0.2, 0.25) is 0 Å². The fraction of sp³-hybridized carbons (Fsp3) is 0.192. The molecular formula is C26H25N3O2. The number of hydrogen-bond acceptors (Lipinski definition) is 2. The van der Waals surface area contributed by atoms with Crippen LogP contribution < -0.4 is 10.1 Å². The molecule has 2 amide bonds. The van der Waals surface area contributed by atoms with Crippen molar-refractivity contribution in [3.8, 4) is 5.75 Å². The molecule has 0 unspecified atom stereocenters. The standard InChI is InChI=1S/C26H25N3O2/c1-17-7-11-19(12-8-17)27-26(30)29-16-15-22-21-5-3-4-6-23(21)28-24(22)25(29)18-9-13-20(31-2)14-10-18/h3-14,25,28H,15-16H2,1-2H3,(H,27,30)/t25-/m0/s1. The third-order valence-electron chi connectivity index (χ3n) is 6.03. The Morgan fingerprint density at radius 1 is 1.03 bits per heavy atom. The first-order valence-electron chi connectivity index (χ1n) is 10.5. The molecular weight excluding hydrogens is 386 g/mol. The molecule has 1 aliphatic heterocycles. The number of nitrogens with zero attached hydrogens (tertiary/aromatic N) is 1. The van der Waals surface area contributed by atoms with E-state index in [1.165, 1.54) is 10.9 Å². The van der Waals surface area contributed by atoms with Crippen LogP contribution in [0.2, 0.25) is 0 Å². The lowest BCUT2D eigenvalue weighted by atomic mass is 9.92. The molecule has 0 fully saturated rings. The Labute approximate surface area is 181 Å². The van der Waals surface area contributed by atoms with E-state index in [4.69, 9.17) is 4.74 Å². The van der Waals surface area contributed by atoms with E-state index in [-0.39, 0.29) is 12.1 Å². The fourth-order valence-corrected chi connectivity index (χ4v) is 4.42. The second kappa shape index (κ2) is 7.84. The molecule has 0 radical (unpaired) electrons. The number of methoxy groups -OCH3 is 1. The molecule has 31 heavy (non-hydrogen) atoms. The molecule has 1 aromatic heterocycles. The van der Waals surface area contributed by atoms with Gasteiger partial charge in [-0.15, -0.1) is 0 Å². The maximum atomic E-state index is 13.4. The van der Waals surface area contributed by atoms with Gasteiger partial charge in [0.15, 0.2) is 0 Å². The molecule has 2 heterocycles. The topological polar surface area (TPSA) is 57.4 Å². The van der Waals surface area contributed by atoms with Gasteiger partial charge in [0.25, 0.3) is 0 Å². The predicted molar refractivity (Wildman–Crippen MR) is 124 cm³/mol. The number of fused-ring (bicyclic) bond motifs is 3. The molecule has 0 saturated carbocycles. The van der Waals surface area contributed by atoms with Crippen LogP contribution in [0, 0.1) is 6.92 Å². The minimum Gasteiger partial charge on any atom is -0.497 e. The first-order valence-corrected chi connectivity index (χ1v) is 10.5. The predicted octanol–water partition coefficient (Wildman–Crippen LogP) is 5.66. The summed E-state index contributed by atoms with van der Waals surface area (Å²) in [5.41, 5.74) is 6.48. The van der Waals surface area contributed by atoms with Gasteiger partial charge >= 0.3 is 6.03 Å². The highest BCUT2D eigenvalue weighted by molar-refractivity contribution is 5.91. The van der Waals surface area contributed by atoms with Crippen LogP contribution in [0.15, 0.2) is 72.8 Å².